The number of para-hydroxylation sites is 1. The predicted octanol–water partition coefficient (Wildman–Crippen LogP) is 0.258. The molecule has 1 amide bonds. The van der Waals surface area contributed by atoms with Gasteiger partial charge in [0.05, 0.1) is 6.61 Å². The van der Waals surface area contributed by atoms with E-state index in [0.717, 1.165) is 4.80 Å². The van der Waals surface area contributed by atoms with Gasteiger partial charge in [-0.1, -0.05) is 12.1 Å². The Balaban J connectivity index is 2.51. The van der Waals surface area contributed by atoms with Crippen LogP contribution in [0.1, 0.15) is 16.2 Å². The van der Waals surface area contributed by atoms with E-state index in [1.165, 1.54) is 25.2 Å². The van der Waals surface area contributed by atoms with Crippen LogP contribution in [0.15, 0.2) is 24.3 Å². The summed E-state index contributed by atoms with van der Waals surface area (Å²) < 4.78 is 13.5. The van der Waals surface area contributed by atoms with Crippen molar-refractivity contribution >= 4 is 5.91 Å². The molecule has 0 saturated carbocycles. The van der Waals surface area contributed by atoms with E-state index in [1.807, 2.05) is 0 Å². The SMILES string of the molecule is CNC(=O)c1nn(-c2ccccc2F)nc1CO. The van der Waals surface area contributed by atoms with Crippen LogP contribution in [0.5, 0.6) is 0 Å². The van der Waals surface area contributed by atoms with Crippen molar-refractivity contribution in [3.63, 3.8) is 0 Å². The first-order valence-electron chi connectivity index (χ1n) is 5.21. The Morgan fingerprint density at radius 3 is 2.78 bits per heavy atom. The molecule has 94 valence electrons. The number of nitrogens with one attached hydrogen (secondary N) is 1. The van der Waals surface area contributed by atoms with Gasteiger partial charge in [0, 0.05) is 7.05 Å². The van der Waals surface area contributed by atoms with Gasteiger partial charge in [0.25, 0.3) is 5.91 Å². The van der Waals surface area contributed by atoms with Crippen molar-refractivity contribution in [3.05, 3.63) is 41.5 Å². The maximum absolute atomic E-state index is 13.5. The second-order valence-electron chi connectivity index (χ2n) is 3.47. The summed E-state index contributed by atoms with van der Waals surface area (Å²) in [6, 6.07) is 5.90. The molecular weight excluding hydrogens is 239 g/mol. The molecule has 7 heteroatoms. The van der Waals surface area contributed by atoms with Gasteiger partial charge in [-0.25, -0.2) is 4.39 Å². The van der Waals surface area contributed by atoms with Crippen LogP contribution in [0.3, 0.4) is 0 Å². The smallest absolute Gasteiger partial charge is 0.273 e. The summed E-state index contributed by atoms with van der Waals surface area (Å²) in [5.41, 5.74) is 0.184. The van der Waals surface area contributed by atoms with Crippen LogP contribution in [0, 0.1) is 5.82 Å². The topological polar surface area (TPSA) is 80.0 Å². The summed E-state index contributed by atoms with van der Waals surface area (Å²) in [6.45, 7) is -0.447. The van der Waals surface area contributed by atoms with Gasteiger partial charge in [0.2, 0.25) is 0 Å². The molecule has 0 unspecified atom stereocenters. The molecule has 0 aliphatic rings. The molecule has 0 saturated heterocycles. The largest absolute Gasteiger partial charge is 0.390 e. The highest BCUT2D eigenvalue weighted by Gasteiger charge is 2.18. The minimum atomic E-state index is -0.513. The summed E-state index contributed by atoms with van der Waals surface area (Å²) in [5.74, 6) is -0.998. The maximum atomic E-state index is 13.5. The molecular formula is C11H11FN4O2. The number of nitrogens with zero attached hydrogens (tertiary/aromatic N) is 3. The third kappa shape index (κ3) is 2.07. The van der Waals surface area contributed by atoms with Crippen molar-refractivity contribution in [2.45, 2.75) is 6.61 Å². The number of carbonyl (C=O) groups is 1. The van der Waals surface area contributed by atoms with E-state index in [9.17, 15) is 9.18 Å². The molecule has 1 aromatic heterocycles. The molecule has 0 aliphatic heterocycles. The van der Waals surface area contributed by atoms with Crippen LogP contribution in [0.4, 0.5) is 4.39 Å². The van der Waals surface area contributed by atoms with Crippen molar-refractivity contribution in [1.29, 1.82) is 0 Å². The molecule has 2 N–H and O–H groups in total. The maximum Gasteiger partial charge on any atom is 0.273 e. The van der Waals surface area contributed by atoms with Gasteiger partial charge in [-0.3, -0.25) is 4.79 Å². The number of aliphatic hydroxyl groups excluding tert-OH is 1. The van der Waals surface area contributed by atoms with E-state index in [0.29, 0.717) is 0 Å². The number of halogens is 1. The number of aliphatic hydroxyl groups is 1. The van der Waals surface area contributed by atoms with Crippen LogP contribution in [0.25, 0.3) is 5.69 Å². The zero-order valence-corrected chi connectivity index (χ0v) is 9.59. The first-order valence-corrected chi connectivity index (χ1v) is 5.21. The molecule has 6 nitrogen and oxygen atoms in total. The van der Waals surface area contributed by atoms with Crippen molar-refractivity contribution in [1.82, 2.24) is 20.3 Å². The molecule has 0 aliphatic carbocycles. The number of amides is 1. The summed E-state index contributed by atoms with van der Waals surface area (Å²) in [5, 5.41) is 19.2. The average Bonchev–Trinajstić information content (AvgIpc) is 2.82. The first-order chi connectivity index (χ1) is 8.67. The van der Waals surface area contributed by atoms with Crippen LogP contribution in [-0.2, 0) is 6.61 Å². The molecule has 18 heavy (non-hydrogen) atoms. The highest BCUT2D eigenvalue weighted by atomic mass is 19.1. The lowest BCUT2D eigenvalue weighted by atomic mass is 10.3. The molecule has 0 radical (unpaired) electrons. The molecule has 0 fully saturated rings. The Bertz CT molecular complexity index is 582. The summed E-state index contributed by atoms with van der Waals surface area (Å²) in [4.78, 5) is 12.5. The second kappa shape index (κ2) is 4.92. The predicted molar refractivity (Wildman–Crippen MR) is 60.6 cm³/mol. The third-order valence-corrected chi connectivity index (χ3v) is 2.34. The molecule has 0 atom stereocenters. The molecule has 0 spiro atoms. The van der Waals surface area contributed by atoms with Gasteiger partial charge in [0.15, 0.2) is 11.5 Å². The fourth-order valence-electron chi connectivity index (χ4n) is 1.46. The summed E-state index contributed by atoms with van der Waals surface area (Å²) in [7, 11) is 1.44. The zero-order chi connectivity index (χ0) is 13.1. The van der Waals surface area contributed by atoms with Crippen LogP contribution >= 0.6 is 0 Å². The van der Waals surface area contributed by atoms with Crippen molar-refractivity contribution in [2.75, 3.05) is 7.05 Å². The van der Waals surface area contributed by atoms with Gasteiger partial charge in [0.1, 0.15) is 11.4 Å². The van der Waals surface area contributed by atoms with E-state index in [-0.39, 0.29) is 17.1 Å². The number of benzene rings is 1. The van der Waals surface area contributed by atoms with Crippen molar-refractivity contribution < 1.29 is 14.3 Å². The lowest BCUT2D eigenvalue weighted by Crippen LogP contribution is -2.20. The minimum Gasteiger partial charge on any atom is -0.390 e. The van der Waals surface area contributed by atoms with Crippen molar-refractivity contribution in [2.24, 2.45) is 0 Å². The number of rotatable bonds is 3. The van der Waals surface area contributed by atoms with E-state index in [1.54, 1.807) is 6.07 Å². The number of aromatic nitrogens is 3. The first kappa shape index (κ1) is 12.2. The Morgan fingerprint density at radius 1 is 1.44 bits per heavy atom. The lowest BCUT2D eigenvalue weighted by Gasteiger charge is -1.99. The van der Waals surface area contributed by atoms with Crippen LogP contribution in [-0.4, -0.2) is 33.1 Å². The molecule has 2 rings (SSSR count). The lowest BCUT2D eigenvalue weighted by molar-refractivity contribution is 0.0954. The molecule has 1 aromatic carbocycles. The van der Waals surface area contributed by atoms with Gasteiger partial charge < -0.3 is 10.4 Å². The summed E-state index contributed by atoms with van der Waals surface area (Å²) in [6.07, 6.45) is 0. The third-order valence-electron chi connectivity index (χ3n) is 2.34. The van der Waals surface area contributed by atoms with Gasteiger partial charge in [-0.15, -0.1) is 15.0 Å². The van der Waals surface area contributed by atoms with Gasteiger partial charge >= 0.3 is 0 Å². The Kier molecular flexibility index (Phi) is 3.33. The Labute approximate surface area is 102 Å². The van der Waals surface area contributed by atoms with Crippen molar-refractivity contribution in [3.8, 4) is 5.69 Å². The monoisotopic (exact) mass is 250 g/mol. The minimum absolute atomic E-state index is 0.0248. The van der Waals surface area contributed by atoms with Crippen LogP contribution < -0.4 is 5.32 Å². The quantitative estimate of drug-likeness (QED) is 0.818. The standard InChI is InChI=1S/C11H11FN4O2/c1-13-11(18)10-8(6-17)14-16(15-10)9-5-3-2-4-7(9)12/h2-5,17H,6H2,1H3,(H,13,18). The fourth-order valence-corrected chi connectivity index (χ4v) is 1.46. The Hall–Kier alpha value is -2.28. The number of carbonyl (C=O) groups excluding carboxylic acids is 1. The Morgan fingerprint density at radius 2 is 2.17 bits per heavy atom. The van der Waals surface area contributed by atoms with Crippen LogP contribution in [0.2, 0.25) is 0 Å². The van der Waals surface area contributed by atoms with Gasteiger partial charge in [-0.2, -0.15) is 0 Å². The highest BCUT2D eigenvalue weighted by molar-refractivity contribution is 5.92. The molecule has 1 heterocycles. The van der Waals surface area contributed by atoms with E-state index < -0.39 is 18.3 Å². The van der Waals surface area contributed by atoms with Gasteiger partial charge in [-0.05, 0) is 12.1 Å². The normalized spacial score (nSPS) is 10.4. The molecule has 0 bridgehead atoms. The summed E-state index contributed by atoms with van der Waals surface area (Å²) >= 11 is 0. The van der Waals surface area contributed by atoms with E-state index >= 15 is 0 Å². The fraction of sp³-hybridized carbons (Fsp3) is 0.182. The van der Waals surface area contributed by atoms with E-state index in [2.05, 4.69) is 15.5 Å². The average molecular weight is 250 g/mol. The highest BCUT2D eigenvalue weighted by Crippen LogP contribution is 2.12. The number of hydrogen-bond acceptors (Lipinski definition) is 4. The second-order valence-corrected chi connectivity index (χ2v) is 3.47. The van der Waals surface area contributed by atoms with E-state index in [4.69, 9.17) is 5.11 Å². The molecule has 2 aromatic rings. The number of hydrogen-bond donors (Lipinski definition) is 2. The zero-order valence-electron chi connectivity index (χ0n) is 9.59.